The Bertz CT molecular complexity index is 362. The molecule has 0 aromatic carbocycles. The summed E-state index contributed by atoms with van der Waals surface area (Å²) in [7, 11) is 0. The first kappa shape index (κ1) is 15.3. The van der Waals surface area contributed by atoms with Crippen molar-refractivity contribution in [3.63, 3.8) is 0 Å². The molecule has 1 amide bonds. The van der Waals surface area contributed by atoms with Gasteiger partial charge in [0.25, 0.3) is 0 Å². The molecule has 114 valence electrons. The van der Waals surface area contributed by atoms with Crippen LogP contribution in [0.25, 0.3) is 0 Å². The molecule has 2 atom stereocenters. The quantitative estimate of drug-likeness (QED) is 0.684. The van der Waals surface area contributed by atoms with Crippen LogP contribution in [0.5, 0.6) is 0 Å². The lowest BCUT2D eigenvalue weighted by atomic mass is 9.79. The van der Waals surface area contributed by atoms with Gasteiger partial charge in [-0.1, -0.05) is 25.7 Å². The fourth-order valence-electron chi connectivity index (χ4n) is 3.60. The maximum Gasteiger partial charge on any atom is 0.306 e. The molecule has 0 spiro atoms. The van der Waals surface area contributed by atoms with Crippen LogP contribution < -0.4 is 11.1 Å². The highest BCUT2D eigenvalue weighted by atomic mass is 16.4. The zero-order valence-corrected chi connectivity index (χ0v) is 12.1. The van der Waals surface area contributed by atoms with Crippen molar-refractivity contribution in [2.24, 2.45) is 17.1 Å². The summed E-state index contributed by atoms with van der Waals surface area (Å²) in [6.07, 6.45) is 8.20. The van der Waals surface area contributed by atoms with E-state index in [2.05, 4.69) is 5.32 Å². The molecule has 5 heteroatoms. The van der Waals surface area contributed by atoms with Gasteiger partial charge in [-0.3, -0.25) is 9.59 Å². The van der Waals surface area contributed by atoms with Gasteiger partial charge in [-0.05, 0) is 32.1 Å². The fourth-order valence-corrected chi connectivity index (χ4v) is 3.60. The molecule has 2 fully saturated rings. The van der Waals surface area contributed by atoms with Crippen LogP contribution in [-0.2, 0) is 9.59 Å². The Morgan fingerprint density at radius 1 is 1.15 bits per heavy atom. The molecule has 0 radical (unpaired) electrons. The second-order valence-corrected chi connectivity index (χ2v) is 6.42. The molecule has 2 aliphatic carbocycles. The SMILES string of the molecule is NCC1(C(=O)N[C@H]2CC[C@@H](C(=O)O)C2)CCCCCC1. The number of rotatable bonds is 4. The molecule has 0 aromatic rings. The number of amides is 1. The number of carbonyl (C=O) groups excluding carboxylic acids is 1. The number of hydrogen-bond acceptors (Lipinski definition) is 3. The molecule has 0 saturated heterocycles. The van der Waals surface area contributed by atoms with E-state index in [4.69, 9.17) is 10.8 Å². The average molecular weight is 282 g/mol. The second kappa shape index (κ2) is 6.57. The van der Waals surface area contributed by atoms with Gasteiger partial charge in [0.05, 0.1) is 11.3 Å². The summed E-state index contributed by atoms with van der Waals surface area (Å²) in [4.78, 5) is 23.6. The van der Waals surface area contributed by atoms with Crippen LogP contribution >= 0.6 is 0 Å². The van der Waals surface area contributed by atoms with Crippen LogP contribution in [0.2, 0.25) is 0 Å². The van der Waals surface area contributed by atoms with E-state index < -0.39 is 11.4 Å². The average Bonchev–Trinajstić information content (AvgIpc) is 2.75. The summed E-state index contributed by atoms with van der Waals surface area (Å²) in [6, 6.07) is 0.00952. The molecule has 2 saturated carbocycles. The van der Waals surface area contributed by atoms with Gasteiger partial charge < -0.3 is 16.2 Å². The normalized spacial score (nSPS) is 29.6. The third kappa shape index (κ3) is 3.32. The Morgan fingerprint density at radius 2 is 1.80 bits per heavy atom. The van der Waals surface area contributed by atoms with Crippen LogP contribution in [0.15, 0.2) is 0 Å². The number of nitrogens with one attached hydrogen (secondary N) is 1. The largest absolute Gasteiger partial charge is 0.481 e. The zero-order valence-electron chi connectivity index (χ0n) is 12.1. The molecule has 2 aliphatic rings. The molecule has 0 aromatic heterocycles. The Morgan fingerprint density at radius 3 is 2.30 bits per heavy atom. The van der Waals surface area contributed by atoms with Gasteiger partial charge in [0, 0.05) is 12.6 Å². The van der Waals surface area contributed by atoms with E-state index in [1.54, 1.807) is 0 Å². The lowest BCUT2D eigenvalue weighted by Crippen LogP contribution is -2.48. The van der Waals surface area contributed by atoms with E-state index in [1.807, 2.05) is 0 Å². The van der Waals surface area contributed by atoms with Crippen molar-refractivity contribution in [1.82, 2.24) is 5.32 Å². The van der Waals surface area contributed by atoms with E-state index in [1.165, 1.54) is 12.8 Å². The van der Waals surface area contributed by atoms with Gasteiger partial charge in [-0.15, -0.1) is 0 Å². The molecule has 0 unspecified atom stereocenters. The number of nitrogens with two attached hydrogens (primary N) is 1. The third-order valence-electron chi connectivity index (χ3n) is 5.05. The predicted molar refractivity (Wildman–Crippen MR) is 76.1 cm³/mol. The van der Waals surface area contributed by atoms with E-state index in [0.717, 1.165) is 32.1 Å². The molecule has 5 nitrogen and oxygen atoms in total. The topological polar surface area (TPSA) is 92.4 Å². The lowest BCUT2D eigenvalue weighted by molar-refractivity contribution is -0.141. The van der Waals surface area contributed by atoms with E-state index in [-0.39, 0.29) is 17.9 Å². The van der Waals surface area contributed by atoms with Crippen molar-refractivity contribution >= 4 is 11.9 Å². The second-order valence-electron chi connectivity index (χ2n) is 6.42. The number of carbonyl (C=O) groups is 2. The van der Waals surface area contributed by atoms with Crippen LogP contribution in [0, 0.1) is 11.3 Å². The Kier molecular flexibility index (Phi) is 5.02. The predicted octanol–water partition coefficient (Wildman–Crippen LogP) is 1.66. The van der Waals surface area contributed by atoms with Crippen molar-refractivity contribution in [2.75, 3.05) is 6.54 Å². The van der Waals surface area contributed by atoms with Gasteiger partial charge in [0.1, 0.15) is 0 Å². The van der Waals surface area contributed by atoms with Gasteiger partial charge in [0.15, 0.2) is 0 Å². The van der Waals surface area contributed by atoms with Crippen molar-refractivity contribution in [1.29, 1.82) is 0 Å². The standard InChI is InChI=1S/C15H26N2O3/c16-10-15(7-3-1-2-4-8-15)14(20)17-12-6-5-11(9-12)13(18)19/h11-12H,1-10,16H2,(H,17,20)(H,18,19)/t11-,12+/m1/s1. The first-order valence-corrected chi connectivity index (χ1v) is 7.81. The molecule has 0 aliphatic heterocycles. The number of carboxylic acids is 1. The number of aliphatic carboxylic acids is 1. The first-order valence-electron chi connectivity index (χ1n) is 7.81. The minimum Gasteiger partial charge on any atom is -0.481 e. The first-order chi connectivity index (χ1) is 9.57. The van der Waals surface area contributed by atoms with Gasteiger partial charge >= 0.3 is 5.97 Å². The number of carboxylic acid groups (broad SMARTS) is 1. The Hall–Kier alpha value is -1.10. The fraction of sp³-hybridized carbons (Fsp3) is 0.867. The summed E-state index contributed by atoms with van der Waals surface area (Å²) >= 11 is 0. The molecule has 2 rings (SSSR count). The summed E-state index contributed by atoms with van der Waals surface area (Å²) in [5.41, 5.74) is 5.48. The minimum absolute atomic E-state index is 0.00952. The Balaban J connectivity index is 1.94. The highest BCUT2D eigenvalue weighted by Gasteiger charge is 2.39. The van der Waals surface area contributed by atoms with Crippen LogP contribution in [-0.4, -0.2) is 29.6 Å². The maximum absolute atomic E-state index is 12.6. The van der Waals surface area contributed by atoms with Gasteiger partial charge in [-0.25, -0.2) is 0 Å². The minimum atomic E-state index is -0.746. The summed E-state index contributed by atoms with van der Waals surface area (Å²) in [6.45, 7) is 0.397. The summed E-state index contributed by atoms with van der Waals surface area (Å²) < 4.78 is 0. The maximum atomic E-state index is 12.6. The molecule has 0 heterocycles. The van der Waals surface area contributed by atoms with E-state index >= 15 is 0 Å². The zero-order chi connectivity index (χ0) is 14.6. The van der Waals surface area contributed by atoms with Crippen LogP contribution in [0.3, 0.4) is 0 Å². The van der Waals surface area contributed by atoms with E-state index in [0.29, 0.717) is 19.4 Å². The number of hydrogen-bond donors (Lipinski definition) is 3. The summed E-state index contributed by atoms with van der Waals surface area (Å²) in [5, 5.41) is 12.1. The molecule has 20 heavy (non-hydrogen) atoms. The van der Waals surface area contributed by atoms with Crippen molar-refractivity contribution < 1.29 is 14.7 Å². The smallest absolute Gasteiger partial charge is 0.306 e. The van der Waals surface area contributed by atoms with Gasteiger partial charge in [-0.2, -0.15) is 0 Å². The summed E-state index contributed by atoms with van der Waals surface area (Å²) in [5.74, 6) is -0.994. The Labute approximate surface area is 120 Å². The van der Waals surface area contributed by atoms with Crippen LogP contribution in [0.4, 0.5) is 0 Å². The monoisotopic (exact) mass is 282 g/mol. The van der Waals surface area contributed by atoms with Crippen molar-refractivity contribution in [2.45, 2.75) is 63.8 Å². The highest BCUT2D eigenvalue weighted by molar-refractivity contribution is 5.83. The highest BCUT2D eigenvalue weighted by Crippen LogP contribution is 2.35. The molecule has 0 bridgehead atoms. The molecular weight excluding hydrogens is 256 g/mol. The third-order valence-corrected chi connectivity index (χ3v) is 5.05. The van der Waals surface area contributed by atoms with Gasteiger partial charge in [0.2, 0.25) is 5.91 Å². The molecule has 4 N–H and O–H groups in total. The van der Waals surface area contributed by atoms with Crippen molar-refractivity contribution in [3.05, 3.63) is 0 Å². The van der Waals surface area contributed by atoms with E-state index in [9.17, 15) is 9.59 Å². The molecular formula is C15H26N2O3. The lowest BCUT2D eigenvalue weighted by Gasteiger charge is -2.31. The van der Waals surface area contributed by atoms with Crippen molar-refractivity contribution in [3.8, 4) is 0 Å². The van der Waals surface area contributed by atoms with Crippen LogP contribution in [0.1, 0.15) is 57.8 Å².